The summed E-state index contributed by atoms with van der Waals surface area (Å²) in [5.74, 6) is -1.18. The van der Waals surface area contributed by atoms with Gasteiger partial charge in [-0.15, -0.1) is 0 Å². The number of nitrogens with zero attached hydrogens (tertiary/aromatic N) is 2. The van der Waals surface area contributed by atoms with Crippen LogP contribution in [-0.2, 0) is 10.2 Å². The van der Waals surface area contributed by atoms with Crippen molar-refractivity contribution < 1.29 is 15.0 Å². The van der Waals surface area contributed by atoms with Crippen molar-refractivity contribution in [3.05, 3.63) is 23.8 Å². The molecule has 0 amide bonds. The molecule has 1 fully saturated rings. The second-order valence-electron chi connectivity index (χ2n) is 3.92. The van der Waals surface area contributed by atoms with E-state index in [-0.39, 0.29) is 0 Å². The lowest BCUT2D eigenvalue weighted by molar-refractivity contribution is -0.148. The number of hydrogen-bond donors (Lipinski definition) is 2. The average Bonchev–Trinajstić information content (AvgIpc) is 2.98. The van der Waals surface area contributed by atoms with Crippen molar-refractivity contribution in [1.82, 2.24) is 9.97 Å². The molecule has 0 aromatic carbocycles. The fraction of sp³-hybridized carbons (Fsp3) is 0.500. The molecule has 2 rings (SSSR count). The first-order valence-electron chi connectivity index (χ1n) is 4.76. The molecule has 0 aliphatic heterocycles. The summed E-state index contributed by atoms with van der Waals surface area (Å²) in [5, 5.41) is 18.5. The minimum absolute atomic E-state index is 0.656. The van der Waals surface area contributed by atoms with Gasteiger partial charge in [0.2, 0.25) is 0 Å². The molecular weight excluding hydrogens is 196 g/mol. The molecule has 1 unspecified atom stereocenters. The van der Waals surface area contributed by atoms with Crippen LogP contribution in [-0.4, -0.2) is 32.3 Å². The van der Waals surface area contributed by atoms with Gasteiger partial charge in [0.15, 0.2) is 6.10 Å². The molecule has 0 bridgehead atoms. The van der Waals surface area contributed by atoms with Crippen LogP contribution in [0.3, 0.4) is 0 Å². The molecule has 5 nitrogen and oxygen atoms in total. The first-order chi connectivity index (χ1) is 7.08. The lowest BCUT2D eigenvalue weighted by Gasteiger charge is -2.19. The van der Waals surface area contributed by atoms with Gasteiger partial charge >= 0.3 is 5.97 Å². The first-order valence-corrected chi connectivity index (χ1v) is 4.76. The molecule has 0 radical (unpaired) electrons. The fourth-order valence-electron chi connectivity index (χ4n) is 1.94. The molecule has 0 spiro atoms. The molecular formula is C10H12N2O3. The number of aliphatic carboxylic acids is 1. The van der Waals surface area contributed by atoms with Crippen molar-refractivity contribution in [2.24, 2.45) is 0 Å². The zero-order valence-corrected chi connectivity index (χ0v) is 8.34. The Balaban J connectivity index is 2.39. The molecule has 1 aromatic heterocycles. The van der Waals surface area contributed by atoms with E-state index in [0.717, 1.165) is 11.3 Å². The van der Waals surface area contributed by atoms with Crippen LogP contribution in [0.5, 0.6) is 0 Å². The highest BCUT2D eigenvalue weighted by molar-refractivity contribution is 5.75. The Bertz CT molecular complexity index is 401. The van der Waals surface area contributed by atoms with Gasteiger partial charge in [0.05, 0.1) is 0 Å². The highest BCUT2D eigenvalue weighted by atomic mass is 16.4. The van der Waals surface area contributed by atoms with Gasteiger partial charge in [-0.3, -0.25) is 0 Å². The molecule has 1 atom stereocenters. The van der Waals surface area contributed by atoms with Gasteiger partial charge < -0.3 is 10.2 Å². The third kappa shape index (κ3) is 1.48. The maximum absolute atomic E-state index is 10.8. The molecule has 1 aliphatic carbocycles. The topological polar surface area (TPSA) is 83.3 Å². The summed E-state index contributed by atoms with van der Waals surface area (Å²) in [6, 6.07) is 0. The smallest absolute Gasteiger partial charge is 0.333 e. The number of aliphatic hydroxyl groups is 1. The van der Waals surface area contributed by atoms with Crippen molar-refractivity contribution in [2.45, 2.75) is 31.3 Å². The zero-order chi connectivity index (χ0) is 11.1. The summed E-state index contributed by atoms with van der Waals surface area (Å²) in [7, 11) is 0. The maximum atomic E-state index is 10.8. The largest absolute Gasteiger partial charge is 0.479 e. The molecule has 2 N–H and O–H groups in total. The predicted molar refractivity (Wildman–Crippen MR) is 51.3 cm³/mol. The highest BCUT2D eigenvalue weighted by Gasteiger charge is 2.54. The SMILES string of the molecule is Cc1ncncc1C1(C(O)C(=O)O)CC1. The number of carboxylic acid groups (broad SMARTS) is 1. The highest BCUT2D eigenvalue weighted by Crippen LogP contribution is 2.51. The van der Waals surface area contributed by atoms with E-state index in [1.165, 1.54) is 6.33 Å². The van der Waals surface area contributed by atoms with Gasteiger partial charge in [-0.2, -0.15) is 0 Å². The molecule has 1 heterocycles. The summed E-state index contributed by atoms with van der Waals surface area (Å²) in [5.41, 5.74) is 0.833. The number of aryl methyl sites for hydroxylation is 1. The lowest BCUT2D eigenvalue weighted by atomic mass is 9.90. The standard InChI is InChI=1S/C10H12N2O3/c1-6-7(4-11-5-12-6)10(2-3-10)8(13)9(14)15/h4-5,8,13H,2-3H2,1H3,(H,14,15). The summed E-state index contributed by atoms with van der Waals surface area (Å²) < 4.78 is 0. The summed E-state index contributed by atoms with van der Waals surface area (Å²) >= 11 is 0. The fourth-order valence-corrected chi connectivity index (χ4v) is 1.94. The van der Waals surface area contributed by atoms with Crippen LogP contribution in [0.1, 0.15) is 24.1 Å². The second-order valence-corrected chi connectivity index (χ2v) is 3.92. The van der Waals surface area contributed by atoms with Crippen LogP contribution in [0.4, 0.5) is 0 Å². The van der Waals surface area contributed by atoms with Crippen LogP contribution in [0.15, 0.2) is 12.5 Å². The molecule has 1 saturated carbocycles. The summed E-state index contributed by atoms with van der Waals surface area (Å²) in [6.07, 6.45) is 3.01. The van der Waals surface area contributed by atoms with Gasteiger partial charge in [0, 0.05) is 22.9 Å². The van der Waals surface area contributed by atoms with E-state index in [9.17, 15) is 9.90 Å². The molecule has 1 aliphatic rings. The molecule has 0 saturated heterocycles. The molecule has 80 valence electrons. The zero-order valence-electron chi connectivity index (χ0n) is 8.34. The third-order valence-corrected chi connectivity index (χ3v) is 2.99. The Kier molecular flexibility index (Phi) is 2.19. The maximum Gasteiger partial charge on any atom is 0.333 e. The predicted octanol–water partition coefficient (Wildman–Crippen LogP) is 0.262. The minimum atomic E-state index is -1.36. The van der Waals surface area contributed by atoms with E-state index in [1.807, 2.05) is 0 Å². The van der Waals surface area contributed by atoms with Gasteiger partial charge in [0.1, 0.15) is 6.33 Å². The van der Waals surface area contributed by atoms with E-state index in [2.05, 4.69) is 9.97 Å². The van der Waals surface area contributed by atoms with Crippen LogP contribution in [0.25, 0.3) is 0 Å². The minimum Gasteiger partial charge on any atom is -0.479 e. The van der Waals surface area contributed by atoms with Crippen molar-refractivity contribution in [3.8, 4) is 0 Å². The molecule has 1 aromatic rings. The number of aromatic nitrogens is 2. The Morgan fingerprint density at radius 3 is 2.73 bits per heavy atom. The van der Waals surface area contributed by atoms with Crippen molar-refractivity contribution in [1.29, 1.82) is 0 Å². The summed E-state index contributed by atoms with van der Waals surface area (Å²) in [4.78, 5) is 18.7. The number of rotatable bonds is 3. The van der Waals surface area contributed by atoms with Gasteiger partial charge in [-0.05, 0) is 19.8 Å². The second kappa shape index (κ2) is 3.27. The van der Waals surface area contributed by atoms with E-state index in [0.29, 0.717) is 12.8 Å². The van der Waals surface area contributed by atoms with E-state index in [4.69, 9.17) is 5.11 Å². The van der Waals surface area contributed by atoms with Crippen LogP contribution >= 0.6 is 0 Å². The lowest BCUT2D eigenvalue weighted by Crippen LogP contribution is -2.34. The monoisotopic (exact) mass is 208 g/mol. The Morgan fingerprint density at radius 2 is 2.27 bits per heavy atom. The average molecular weight is 208 g/mol. The Morgan fingerprint density at radius 1 is 1.60 bits per heavy atom. The number of aliphatic hydroxyl groups excluding tert-OH is 1. The quantitative estimate of drug-likeness (QED) is 0.744. The normalized spacial score (nSPS) is 19.6. The Labute approximate surface area is 86.8 Å². The van der Waals surface area contributed by atoms with E-state index < -0.39 is 17.5 Å². The van der Waals surface area contributed by atoms with Crippen molar-refractivity contribution in [3.63, 3.8) is 0 Å². The van der Waals surface area contributed by atoms with Crippen LogP contribution < -0.4 is 0 Å². The van der Waals surface area contributed by atoms with E-state index in [1.54, 1.807) is 13.1 Å². The van der Waals surface area contributed by atoms with E-state index >= 15 is 0 Å². The molecule has 15 heavy (non-hydrogen) atoms. The van der Waals surface area contributed by atoms with Crippen LogP contribution in [0.2, 0.25) is 0 Å². The van der Waals surface area contributed by atoms with Gasteiger partial charge in [0.25, 0.3) is 0 Å². The number of carboxylic acids is 1. The Hall–Kier alpha value is -1.49. The van der Waals surface area contributed by atoms with Gasteiger partial charge in [-0.1, -0.05) is 0 Å². The van der Waals surface area contributed by atoms with Crippen molar-refractivity contribution in [2.75, 3.05) is 0 Å². The number of hydrogen-bond acceptors (Lipinski definition) is 4. The van der Waals surface area contributed by atoms with Crippen molar-refractivity contribution >= 4 is 5.97 Å². The number of carbonyl (C=O) groups is 1. The van der Waals surface area contributed by atoms with Crippen LogP contribution in [0, 0.1) is 6.92 Å². The molecule has 5 heteroatoms. The first kappa shape index (κ1) is 10.0. The van der Waals surface area contributed by atoms with Gasteiger partial charge in [-0.25, -0.2) is 14.8 Å². The third-order valence-electron chi connectivity index (χ3n) is 2.99. The summed E-state index contributed by atoms with van der Waals surface area (Å²) in [6.45, 7) is 1.80.